The van der Waals surface area contributed by atoms with Gasteiger partial charge in [0.05, 0.1) is 37.5 Å². The van der Waals surface area contributed by atoms with Crippen molar-refractivity contribution in [2.24, 2.45) is 0 Å². The van der Waals surface area contributed by atoms with E-state index in [4.69, 9.17) is 25.8 Å². The topological polar surface area (TPSA) is 73.9 Å². The standard InChI is InChI=1S/C16H15ClF3NO5S/c1-24-12-7-10(8-13(25-2)15(12)26-3)21-27(22,23)14-5-4-9(17)6-11(14)16(18,19)20/h4-8,21H,1-3H3. The van der Waals surface area contributed by atoms with Gasteiger partial charge < -0.3 is 14.2 Å². The zero-order chi connectivity index (χ0) is 20.4. The Morgan fingerprint density at radius 2 is 1.52 bits per heavy atom. The number of nitrogens with one attached hydrogen (secondary N) is 1. The number of ether oxygens (including phenoxy) is 3. The van der Waals surface area contributed by atoms with Crippen LogP contribution in [0.4, 0.5) is 18.9 Å². The lowest BCUT2D eigenvalue weighted by molar-refractivity contribution is -0.139. The fraction of sp³-hybridized carbons (Fsp3) is 0.250. The summed E-state index contributed by atoms with van der Waals surface area (Å²) in [5, 5.41) is -0.242. The molecule has 0 saturated heterocycles. The predicted octanol–water partition coefficient (Wildman–Crippen LogP) is 4.19. The molecule has 0 radical (unpaired) electrons. The molecule has 27 heavy (non-hydrogen) atoms. The molecule has 11 heteroatoms. The van der Waals surface area contributed by atoms with Crippen molar-refractivity contribution in [3.63, 3.8) is 0 Å². The molecule has 6 nitrogen and oxygen atoms in total. The van der Waals surface area contributed by atoms with Crippen molar-refractivity contribution >= 4 is 27.3 Å². The summed E-state index contributed by atoms with van der Waals surface area (Å²) in [7, 11) is -0.607. The van der Waals surface area contributed by atoms with Crippen molar-refractivity contribution in [1.82, 2.24) is 0 Å². The van der Waals surface area contributed by atoms with Gasteiger partial charge in [-0.15, -0.1) is 0 Å². The largest absolute Gasteiger partial charge is 0.493 e. The third-order valence-electron chi connectivity index (χ3n) is 3.45. The molecule has 1 N–H and O–H groups in total. The van der Waals surface area contributed by atoms with E-state index in [2.05, 4.69) is 4.72 Å². The summed E-state index contributed by atoms with van der Waals surface area (Å²) in [6.07, 6.45) is -4.91. The first kappa shape index (κ1) is 21.0. The van der Waals surface area contributed by atoms with Crippen LogP contribution in [-0.2, 0) is 16.2 Å². The van der Waals surface area contributed by atoms with Gasteiger partial charge in [-0.05, 0) is 18.2 Å². The van der Waals surface area contributed by atoms with E-state index in [9.17, 15) is 21.6 Å². The Bertz CT molecular complexity index is 923. The third kappa shape index (κ3) is 4.51. The molecule has 148 valence electrons. The lowest BCUT2D eigenvalue weighted by atomic mass is 10.2. The Labute approximate surface area is 158 Å². The van der Waals surface area contributed by atoms with Crippen LogP contribution in [0.5, 0.6) is 17.2 Å². The molecular formula is C16H15ClF3NO5S. The summed E-state index contributed by atoms with van der Waals surface area (Å²) in [5.74, 6) is 0.453. The van der Waals surface area contributed by atoms with E-state index in [1.54, 1.807) is 0 Å². The second kappa shape index (κ2) is 7.73. The fourth-order valence-electron chi connectivity index (χ4n) is 2.31. The van der Waals surface area contributed by atoms with Crippen LogP contribution in [0, 0.1) is 0 Å². The summed E-state index contributed by atoms with van der Waals surface area (Å²) in [6.45, 7) is 0. The third-order valence-corrected chi connectivity index (χ3v) is 5.13. The van der Waals surface area contributed by atoms with Crippen molar-refractivity contribution in [3.05, 3.63) is 40.9 Å². The SMILES string of the molecule is COc1cc(NS(=O)(=O)c2ccc(Cl)cc2C(F)(F)F)cc(OC)c1OC. The average Bonchev–Trinajstić information content (AvgIpc) is 2.59. The van der Waals surface area contributed by atoms with Crippen molar-refractivity contribution in [2.45, 2.75) is 11.1 Å². The van der Waals surface area contributed by atoms with Gasteiger partial charge in [-0.25, -0.2) is 8.42 Å². The van der Waals surface area contributed by atoms with E-state index in [0.717, 1.165) is 12.1 Å². The Hall–Kier alpha value is -2.33. The van der Waals surface area contributed by atoms with Crippen LogP contribution in [0.3, 0.4) is 0 Å². The highest BCUT2D eigenvalue weighted by Crippen LogP contribution is 2.41. The van der Waals surface area contributed by atoms with Crippen molar-refractivity contribution in [1.29, 1.82) is 0 Å². The number of methoxy groups -OCH3 is 3. The fourth-order valence-corrected chi connectivity index (χ4v) is 3.73. The van der Waals surface area contributed by atoms with Crippen LogP contribution in [0.25, 0.3) is 0 Å². The molecule has 0 unspecified atom stereocenters. The molecule has 0 aliphatic heterocycles. The van der Waals surface area contributed by atoms with Crippen molar-refractivity contribution < 1.29 is 35.8 Å². The van der Waals surface area contributed by atoms with Crippen LogP contribution in [-0.4, -0.2) is 29.7 Å². The first-order valence-corrected chi connectivity index (χ1v) is 9.09. The minimum Gasteiger partial charge on any atom is -0.493 e. The number of sulfonamides is 1. The van der Waals surface area contributed by atoms with Gasteiger partial charge in [0.1, 0.15) is 0 Å². The Morgan fingerprint density at radius 1 is 0.963 bits per heavy atom. The van der Waals surface area contributed by atoms with Gasteiger partial charge in [-0.2, -0.15) is 13.2 Å². The molecule has 0 bridgehead atoms. The van der Waals surface area contributed by atoms with Gasteiger partial charge in [0.15, 0.2) is 11.5 Å². The molecule has 0 aliphatic rings. The van der Waals surface area contributed by atoms with Crippen LogP contribution in [0.2, 0.25) is 5.02 Å². The van der Waals surface area contributed by atoms with Gasteiger partial charge in [0, 0.05) is 17.2 Å². The molecule has 2 aromatic carbocycles. The second-order valence-electron chi connectivity index (χ2n) is 5.16. The van der Waals surface area contributed by atoms with Gasteiger partial charge >= 0.3 is 6.18 Å². The van der Waals surface area contributed by atoms with E-state index in [-0.39, 0.29) is 28.0 Å². The summed E-state index contributed by atoms with van der Waals surface area (Å²) >= 11 is 5.58. The van der Waals surface area contributed by atoms with Crippen LogP contribution < -0.4 is 18.9 Å². The van der Waals surface area contributed by atoms with E-state index in [0.29, 0.717) is 6.07 Å². The minimum atomic E-state index is -4.91. The summed E-state index contributed by atoms with van der Waals surface area (Å²) in [4.78, 5) is -0.965. The molecule has 2 aromatic rings. The Balaban J connectivity index is 2.55. The maximum absolute atomic E-state index is 13.2. The molecule has 0 aliphatic carbocycles. The van der Waals surface area contributed by atoms with E-state index < -0.39 is 26.7 Å². The van der Waals surface area contributed by atoms with Gasteiger partial charge in [0.25, 0.3) is 10.0 Å². The summed E-state index contributed by atoms with van der Waals surface area (Å²) in [5.41, 5.74) is -1.46. The number of hydrogen-bond acceptors (Lipinski definition) is 5. The molecule has 2 rings (SSSR count). The summed E-state index contributed by atoms with van der Waals surface area (Å²) < 4.78 is 82.2. The number of halogens is 4. The number of alkyl halides is 3. The molecule has 0 spiro atoms. The summed E-state index contributed by atoms with van der Waals surface area (Å²) in [6, 6.07) is 4.89. The highest BCUT2D eigenvalue weighted by molar-refractivity contribution is 7.92. The van der Waals surface area contributed by atoms with E-state index >= 15 is 0 Å². The van der Waals surface area contributed by atoms with Gasteiger partial charge in [-0.3, -0.25) is 4.72 Å². The number of rotatable bonds is 6. The zero-order valence-electron chi connectivity index (χ0n) is 14.3. The van der Waals surface area contributed by atoms with Crippen molar-refractivity contribution in [2.75, 3.05) is 26.1 Å². The molecule has 0 aromatic heterocycles. The van der Waals surface area contributed by atoms with Gasteiger partial charge in [-0.1, -0.05) is 11.6 Å². The highest BCUT2D eigenvalue weighted by Gasteiger charge is 2.37. The lowest BCUT2D eigenvalue weighted by Crippen LogP contribution is -2.19. The van der Waals surface area contributed by atoms with Gasteiger partial charge in [0.2, 0.25) is 5.75 Å². The van der Waals surface area contributed by atoms with Crippen LogP contribution in [0.1, 0.15) is 5.56 Å². The number of benzene rings is 2. The molecule has 0 fully saturated rings. The highest BCUT2D eigenvalue weighted by atomic mass is 35.5. The zero-order valence-corrected chi connectivity index (χ0v) is 15.9. The van der Waals surface area contributed by atoms with E-state index in [1.807, 2.05) is 0 Å². The smallest absolute Gasteiger partial charge is 0.417 e. The predicted molar refractivity (Wildman–Crippen MR) is 93.4 cm³/mol. The quantitative estimate of drug-likeness (QED) is 0.751. The van der Waals surface area contributed by atoms with Crippen molar-refractivity contribution in [3.8, 4) is 17.2 Å². The molecule has 0 saturated carbocycles. The Morgan fingerprint density at radius 3 is 1.96 bits per heavy atom. The normalized spacial score (nSPS) is 11.8. The maximum atomic E-state index is 13.2. The maximum Gasteiger partial charge on any atom is 0.417 e. The first-order chi connectivity index (χ1) is 12.5. The second-order valence-corrected chi connectivity index (χ2v) is 7.25. The molecule has 0 atom stereocenters. The molecular weight excluding hydrogens is 411 g/mol. The number of anilines is 1. The molecule has 0 amide bonds. The number of hydrogen-bond donors (Lipinski definition) is 1. The minimum absolute atomic E-state index is 0.0763. The first-order valence-electron chi connectivity index (χ1n) is 7.23. The van der Waals surface area contributed by atoms with Crippen LogP contribution in [0.15, 0.2) is 35.2 Å². The lowest BCUT2D eigenvalue weighted by Gasteiger charge is -2.17. The average molecular weight is 426 g/mol. The van der Waals surface area contributed by atoms with E-state index in [1.165, 1.54) is 33.5 Å². The molecule has 0 heterocycles. The Kier molecular flexibility index (Phi) is 6.01. The monoisotopic (exact) mass is 425 g/mol. The van der Waals surface area contributed by atoms with Crippen LogP contribution >= 0.6 is 11.6 Å².